The fraction of sp³-hybridized carbons (Fsp3) is 0.250. The Hall–Kier alpha value is -1.93. The third-order valence-corrected chi connectivity index (χ3v) is 2.64. The Balaban J connectivity index is 1.93. The van der Waals surface area contributed by atoms with E-state index in [1.54, 1.807) is 24.3 Å². The summed E-state index contributed by atoms with van der Waals surface area (Å²) in [5, 5.41) is 14.5. The molecular formula is C12H11N3OS. The smallest absolute Gasteiger partial charge is 0.229 e. The number of nitriles is 1. The number of amides is 1. The van der Waals surface area contributed by atoms with Gasteiger partial charge in [-0.1, -0.05) is 6.07 Å². The second-order valence-corrected chi connectivity index (χ2v) is 4.32. The van der Waals surface area contributed by atoms with Crippen LogP contribution in [0.15, 0.2) is 24.3 Å². The van der Waals surface area contributed by atoms with Crippen LogP contribution in [0.2, 0.25) is 0 Å². The van der Waals surface area contributed by atoms with Crippen LogP contribution in [0, 0.1) is 17.2 Å². The lowest BCUT2D eigenvalue weighted by atomic mass is 10.2. The van der Waals surface area contributed by atoms with Gasteiger partial charge in [0.2, 0.25) is 5.91 Å². The predicted molar refractivity (Wildman–Crippen MR) is 68.2 cm³/mol. The summed E-state index contributed by atoms with van der Waals surface area (Å²) >= 11 is 5.01. The van der Waals surface area contributed by atoms with E-state index < -0.39 is 0 Å². The fourth-order valence-electron chi connectivity index (χ4n) is 1.39. The number of rotatable bonds is 2. The maximum atomic E-state index is 11.4. The zero-order valence-corrected chi connectivity index (χ0v) is 9.88. The molecule has 1 aromatic carbocycles. The van der Waals surface area contributed by atoms with Gasteiger partial charge in [0.25, 0.3) is 0 Å². The van der Waals surface area contributed by atoms with Gasteiger partial charge in [-0.25, -0.2) is 0 Å². The lowest BCUT2D eigenvalue weighted by Gasteiger charge is -2.09. The van der Waals surface area contributed by atoms with Gasteiger partial charge in [-0.2, -0.15) is 5.26 Å². The first-order valence-corrected chi connectivity index (χ1v) is 5.72. The van der Waals surface area contributed by atoms with Crippen molar-refractivity contribution in [1.29, 1.82) is 5.26 Å². The highest BCUT2D eigenvalue weighted by Gasteiger charge is 2.29. The van der Waals surface area contributed by atoms with Gasteiger partial charge in [0.15, 0.2) is 5.11 Å². The van der Waals surface area contributed by atoms with Gasteiger partial charge in [-0.15, -0.1) is 0 Å². The molecule has 0 saturated heterocycles. The highest BCUT2D eigenvalue weighted by molar-refractivity contribution is 7.80. The number of nitrogens with zero attached hydrogens (tertiary/aromatic N) is 1. The summed E-state index contributed by atoms with van der Waals surface area (Å²) in [7, 11) is 0. The Morgan fingerprint density at radius 3 is 2.88 bits per heavy atom. The van der Waals surface area contributed by atoms with Crippen molar-refractivity contribution in [2.45, 2.75) is 12.8 Å². The molecule has 0 bridgehead atoms. The average molecular weight is 245 g/mol. The monoisotopic (exact) mass is 245 g/mol. The zero-order valence-electron chi connectivity index (χ0n) is 9.06. The largest absolute Gasteiger partial charge is 0.332 e. The van der Waals surface area contributed by atoms with E-state index in [-0.39, 0.29) is 16.9 Å². The standard InChI is InChI=1S/C12H11N3OS/c13-7-8-2-1-3-10(6-8)14-12(17)15-11(16)9-4-5-9/h1-3,6,9H,4-5H2,(H2,14,15,16,17). The Morgan fingerprint density at radius 1 is 1.47 bits per heavy atom. The molecule has 0 radical (unpaired) electrons. The normalized spacial score (nSPS) is 13.6. The van der Waals surface area contributed by atoms with E-state index in [4.69, 9.17) is 17.5 Å². The van der Waals surface area contributed by atoms with Gasteiger partial charge in [0.05, 0.1) is 11.6 Å². The Morgan fingerprint density at radius 2 is 2.24 bits per heavy atom. The van der Waals surface area contributed by atoms with Crippen molar-refractivity contribution < 1.29 is 4.79 Å². The molecule has 1 fully saturated rings. The van der Waals surface area contributed by atoms with E-state index in [0.717, 1.165) is 12.8 Å². The van der Waals surface area contributed by atoms with Crippen molar-refractivity contribution >= 4 is 28.9 Å². The Labute approximate surface area is 105 Å². The molecule has 0 atom stereocenters. The minimum absolute atomic E-state index is 0.0288. The van der Waals surface area contributed by atoms with Crippen molar-refractivity contribution in [3.63, 3.8) is 0 Å². The summed E-state index contributed by atoms with van der Waals surface area (Å²) in [5.41, 5.74) is 1.25. The number of carbonyl (C=O) groups is 1. The van der Waals surface area contributed by atoms with Crippen LogP contribution >= 0.6 is 12.2 Å². The van der Waals surface area contributed by atoms with E-state index >= 15 is 0 Å². The molecule has 2 rings (SSSR count). The summed E-state index contributed by atoms with van der Waals surface area (Å²) in [4.78, 5) is 11.4. The van der Waals surface area contributed by atoms with Gasteiger partial charge in [-0.05, 0) is 43.3 Å². The SMILES string of the molecule is N#Cc1cccc(NC(=S)NC(=O)C2CC2)c1. The Kier molecular flexibility index (Phi) is 3.35. The second-order valence-electron chi connectivity index (χ2n) is 3.91. The van der Waals surface area contributed by atoms with Crippen LogP contribution in [0.4, 0.5) is 5.69 Å². The second kappa shape index (κ2) is 4.93. The molecule has 1 aliphatic carbocycles. The first-order valence-electron chi connectivity index (χ1n) is 5.31. The van der Waals surface area contributed by atoms with E-state index in [1.807, 2.05) is 6.07 Å². The summed E-state index contributed by atoms with van der Waals surface area (Å²) in [6.45, 7) is 0. The molecule has 1 aromatic rings. The quantitative estimate of drug-likeness (QED) is 0.779. The van der Waals surface area contributed by atoms with Gasteiger partial charge in [0.1, 0.15) is 0 Å². The summed E-state index contributed by atoms with van der Waals surface area (Å²) in [6, 6.07) is 8.96. The molecule has 4 nitrogen and oxygen atoms in total. The average Bonchev–Trinajstić information content (AvgIpc) is 3.12. The third kappa shape index (κ3) is 3.26. The zero-order chi connectivity index (χ0) is 12.3. The fourth-order valence-corrected chi connectivity index (χ4v) is 1.61. The van der Waals surface area contributed by atoms with E-state index in [1.165, 1.54) is 0 Å². The molecule has 0 unspecified atom stereocenters. The third-order valence-electron chi connectivity index (χ3n) is 2.43. The molecular weight excluding hydrogens is 234 g/mol. The molecule has 17 heavy (non-hydrogen) atoms. The van der Waals surface area contributed by atoms with Crippen molar-refractivity contribution in [2.75, 3.05) is 5.32 Å². The molecule has 86 valence electrons. The number of thiocarbonyl (C=S) groups is 1. The van der Waals surface area contributed by atoms with Crippen LogP contribution in [0.1, 0.15) is 18.4 Å². The first-order chi connectivity index (χ1) is 8.19. The molecule has 2 N–H and O–H groups in total. The Bertz CT molecular complexity index is 503. The molecule has 1 amide bonds. The van der Waals surface area contributed by atoms with E-state index in [2.05, 4.69) is 10.6 Å². The number of anilines is 1. The lowest BCUT2D eigenvalue weighted by Crippen LogP contribution is -2.35. The van der Waals surface area contributed by atoms with Crippen LogP contribution in [-0.2, 0) is 4.79 Å². The van der Waals surface area contributed by atoms with E-state index in [9.17, 15) is 4.79 Å². The highest BCUT2D eigenvalue weighted by atomic mass is 32.1. The predicted octanol–water partition coefficient (Wildman–Crippen LogP) is 1.78. The molecule has 0 heterocycles. The number of hydrogen-bond donors (Lipinski definition) is 2. The summed E-state index contributed by atoms with van der Waals surface area (Å²) < 4.78 is 0. The van der Waals surface area contributed by atoms with Gasteiger partial charge < -0.3 is 10.6 Å². The van der Waals surface area contributed by atoms with Crippen LogP contribution < -0.4 is 10.6 Å². The van der Waals surface area contributed by atoms with E-state index in [0.29, 0.717) is 11.3 Å². The molecule has 0 aliphatic heterocycles. The van der Waals surface area contributed by atoms with Crippen molar-refractivity contribution in [1.82, 2.24) is 5.32 Å². The number of nitrogens with one attached hydrogen (secondary N) is 2. The minimum atomic E-state index is -0.0288. The summed E-state index contributed by atoms with van der Waals surface area (Å²) in [6.07, 6.45) is 1.89. The summed E-state index contributed by atoms with van der Waals surface area (Å²) in [5.74, 6) is 0.0964. The van der Waals surface area contributed by atoms with Crippen LogP contribution in [0.3, 0.4) is 0 Å². The number of benzene rings is 1. The molecule has 0 aromatic heterocycles. The molecule has 1 saturated carbocycles. The molecule has 1 aliphatic rings. The van der Waals surface area contributed by atoms with Crippen LogP contribution in [0.25, 0.3) is 0 Å². The maximum Gasteiger partial charge on any atom is 0.229 e. The van der Waals surface area contributed by atoms with Crippen LogP contribution in [0.5, 0.6) is 0 Å². The van der Waals surface area contributed by atoms with Gasteiger partial charge >= 0.3 is 0 Å². The molecule has 5 heteroatoms. The maximum absolute atomic E-state index is 11.4. The lowest BCUT2D eigenvalue weighted by molar-refractivity contribution is -0.120. The number of carbonyl (C=O) groups excluding carboxylic acids is 1. The topological polar surface area (TPSA) is 64.9 Å². The highest BCUT2D eigenvalue weighted by Crippen LogP contribution is 2.28. The van der Waals surface area contributed by atoms with Crippen molar-refractivity contribution in [3.05, 3.63) is 29.8 Å². The van der Waals surface area contributed by atoms with Crippen molar-refractivity contribution in [3.8, 4) is 6.07 Å². The van der Waals surface area contributed by atoms with Gasteiger partial charge in [-0.3, -0.25) is 4.79 Å². The number of hydrogen-bond acceptors (Lipinski definition) is 3. The molecule has 0 spiro atoms. The van der Waals surface area contributed by atoms with Crippen LogP contribution in [-0.4, -0.2) is 11.0 Å². The minimum Gasteiger partial charge on any atom is -0.332 e. The first kappa shape index (κ1) is 11.6. The van der Waals surface area contributed by atoms with Crippen molar-refractivity contribution in [2.24, 2.45) is 5.92 Å². The van der Waals surface area contributed by atoms with Gasteiger partial charge in [0, 0.05) is 11.6 Å².